The molecular formula is C28H34N2O5. The molecule has 1 fully saturated rings. The quantitative estimate of drug-likeness (QED) is 0.459. The van der Waals surface area contributed by atoms with Crippen molar-refractivity contribution in [1.29, 1.82) is 0 Å². The Balaban J connectivity index is 1.40. The van der Waals surface area contributed by atoms with Crippen molar-refractivity contribution in [2.75, 3.05) is 6.61 Å². The summed E-state index contributed by atoms with van der Waals surface area (Å²) < 4.78 is 5.63. The normalized spacial score (nSPS) is 16.5. The van der Waals surface area contributed by atoms with E-state index in [-0.39, 0.29) is 36.7 Å². The van der Waals surface area contributed by atoms with Crippen LogP contribution in [0.4, 0.5) is 4.79 Å². The molecule has 2 aliphatic rings. The van der Waals surface area contributed by atoms with Crippen LogP contribution in [-0.4, -0.2) is 41.8 Å². The number of benzene rings is 2. The molecule has 0 aliphatic heterocycles. The third-order valence-corrected chi connectivity index (χ3v) is 7.10. The molecule has 2 amide bonds. The van der Waals surface area contributed by atoms with Gasteiger partial charge >= 0.3 is 12.1 Å². The number of nitrogens with one attached hydrogen (secondary N) is 2. The highest BCUT2D eigenvalue weighted by Crippen LogP contribution is 2.44. The number of carboxylic acid groups (broad SMARTS) is 1. The lowest BCUT2D eigenvalue weighted by Crippen LogP contribution is -2.53. The maximum Gasteiger partial charge on any atom is 0.407 e. The Morgan fingerprint density at radius 2 is 1.57 bits per heavy atom. The van der Waals surface area contributed by atoms with Crippen molar-refractivity contribution in [1.82, 2.24) is 10.6 Å². The number of fused-ring (bicyclic) bond motifs is 3. The van der Waals surface area contributed by atoms with E-state index in [2.05, 4.69) is 34.9 Å². The summed E-state index contributed by atoms with van der Waals surface area (Å²) >= 11 is 0. The highest BCUT2D eigenvalue weighted by molar-refractivity contribution is 5.86. The number of amides is 2. The molecule has 2 atom stereocenters. The Morgan fingerprint density at radius 1 is 0.971 bits per heavy atom. The molecule has 0 aromatic heterocycles. The molecule has 0 bridgehead atoms. The summed E-state index contributed by atoms with van der Waals surface area (Å²) in [7, 11) is 0. The van der Waals surface area contributed by atoms with E-state index in [0.29, 0.717) is 6.42 Å². The van der Waals surface area contributed by atoms with Crippen LogP contribution in [0.2, 0.25) is 0 Å². The summed E-state index contributed by atoms with van der Waals surface area (Å²) in [6.07, 6.45) is 2.53. The number of carboxylic acids is 1. The zero-order valence-corrected chi connectivity index (χ0v) is 20.3. The van der Waals surface area contributed by atoms with Gasteiger partial charge in [-0.05, 0) is 53.4 Å². The standard InChI is InChI=1S/C28H34N2O5/c1-17(2)14-25(27(33)29-24(15-26(31)32)18-8-7-9-18)30-28(34)35-16-23-21-12-5-3-10-19(21)20-11-4-6-13-22(20)23/h3-6,10-13,17-18,23-25H,7-9,14-16H2,1-2H3,(H,29,33)(H,30,34)(H,31,32)/t24?,25-/m1/s1. The molecule has 3 N–H and O–H groups in total. The van der Waals surface area contributed by atoms with Crippen molar-refractivity contribution in [3.8, 4) is 11.1 Å². The third-order valence-electron chi connectivity index (χ3n) is 7.10. The zero-order valence-electron chi connectivity index (χ0n) is 20.3. The number of carbonyl (C=O) groups excluding carboxylic acids is 2. The lowest BCUT2D eigenvalue weighted by molar-refractivity contribution is -0.138. The molecule has 35 heavy (non-hydrogen) atoms. The molecule has 1 unspecified atom stereocenters. The number of aliphatic carboxylic acids is 1. The van der Waals surface area contributed by atoms with Crippen molar-refractivity contribution in [2.24, 2.45) is 11.8 Å². The molecule has 7 heteroatoms. The van der Waals surface area contributed by atoms with Gasteiger partial charge in [0.25, 0.3) is 0 Å². The van der Waals surface area contributed by atoms with Crippen LogP contribution in [0.1, 0.15) is 63.0 Å². The predicted octanol–water partition coefficient (Wildman–Crippen LogP) is 4.70. The molecule has 0 spiro atoms. The first-order valence-corrected chi connectivity index (χ1v) is 12.5. The Labute approximate surface area is 206 Å². The Kier molecular flexibility index (Phi) is 7.73. The van der Waals surface area contributed by atoms with Crippen LogP contribution in [0.3, 0.4) is 0 Å². The Hall–Kier alpha value is -3.35. The largest absolute Gasteiger partial charge is 0.481 e. The Bertz CT molecular complexity index is 1030. The van der Waals surface area contributed by atoms with Gasteiger partial charge in [0.2, 0.25) is 5.91 Å². The van der Waals surface area contributed by atoms with Gasteiger partial charge in [0.05, 0.1) is 6.42 Å². The summed E-state index contributed by atoms with van der Waals surface area (Å²) in [5.41, 5.74) is 4.54. The van der Waals surface area contributed by atoms with Crippen molar-refractivity contribution < 1.29 is 24.2 Å². The molecule has 186 valence electrons. The van der Waals surface area contributed by atoms with E-state index in [1.54, 1.807) is 0 Å². The molecule has 7 nitrogen and oxygen atoms in total. The van der Waals surface area contributed by atoms with Crippen LogP contribution >= 0.6 is 0 Å². The molecule has 2 aromatic carbocycles. The van der Waals surface area contributed by atoms with E-state index in [0.717, 1.165) is 41.5 Å². The van der Waals surface area contributed by atoms with E-state index in [4.69, 9.17) is 4.74 Å². The summed E-state index contributed by atoms with van der Waals surface area (Å²) in [6.45, 7) is 4.11. The SMILES string of the molecule is CC(C)C[C@@H](NC(=O)OCC1c2ccccc2-c2ccccc21)C(=O)NC(CC(=O)O)C1CCC1. The highest BCUT2D eigenvalue weighted by Gasteiger charge is 2.33. The van der Waals surface area contributed by atoms with E-state index in [1.807, 2.05) is 38.1 Å². The van der Waals surface area contributed by atoms with Gasteiger partial charge in [0.1, 0.15) is 12.6 Å². The number of ether oxygens (including phenoxy) is 1. The molecule has 0 saturated heterocycles. The minimum atomic E-state index is -0.938. The van der Waals surface area contributed by atoms with Gasteiger partial charge in [-0.25, -0.2) is 4.79 Å². The van der Waals surface area contributed by atoms with E-state index >= 15 is 0 Å². The topological polar surface area (TPSA) is 105 Å². The second kappa shape index (κ2) is 10.9. The molecule has 0 heterocycles. The van der Waals surface area contributed by atoms with Crippen molar-refractivity contribution in [2.45, 2.75) is 64.0 Å². The second-order valence-electron chi connectivity index (χ2n) is 10.1. The predicted molar refractivity (Wildman–Crippen MR) is 133 cm³/mol. The van der Waals surface area contributed by atoms with Gasteiger partial charge in [-0.15, -0.1) is 0 Å². The second-order valence-corrected chi connectivity index (χ2v) is 10.1. The summed E-state index contributed by atoms with van der Waals surface area (Å²) in [6, 6.07) is 15.0. The fourth-order valence-corrected chi connectivity index (χ4v) is 5.13. The number of alkyl carbamates (subject to hydrolysis) is 1. The van der Waals surface area contributed by atoms with Gasteiger partial charge in [0.15, 0.2) is 0 Å². The first-order chi connectivity index (χ1) is 16.8. The van der Waals surface area contributed by atoms with Gasteiger partial charge in [-0.2, -0.15) is 0 Å². The average Bonchev–Trinajstić information content (AvgIpc) is 3.09. The smallest absolute Gasteiger partial charge is 0.407 e. The number of hydrogen-bond acceptors (Lipinski definition) is 4. The minimum absolute atomic E-state index is 0.0657. The average molecular weight is 479 g/mol. The lowest BCUT2D eigenvalue weighted by atomic mass is 9.78. The summed E-state index contributed by atoms with van der Waals surface area (Å²) in [5, 5.41) is 14.9. The number of hydrogen-bond donors (Lipinski definition) is 3. The lowest BCUT2D eigenvalue weighted by Gasteiger charge is -2.34. The summed E-state index contributed by atoms with van der Waals surface area (Å²) in [4.78, 5) is 37.1. The molecule has 1 saturated carbocycles. The van der Waals surface area contributed by atoms with Crippen LogP contribution in [0.5, 0.6) is 0 Å². The maximum absolute atomic E-state index is 13.1. The Morgan fingerprint density at radius 3 is 2.09 bits per heavy atom. The van der Waals surface area contributed by atoms with E-state index in [9.17, 15) is 19.5 Å². The fourth-order valence-electron chi connectivity index (χ4n) is 5.13. The van der Waals surface area contributed by atoms with Crippen LogP contribution in [-0.2, 0) is 14.3 Å². The van der Waals surface area contributed by atoms with Gasteiger partial charge in [-0.1, -0.05) is 68.8 Å². The maximum atomic E-state index is 13.1. The molecule has 0 radical (unpaired) electrons. The van der Waals surface area contributed by atoms with Crippen molar-refractivity contribution in [3.63, 3.8) is 0 Å². The van der Waals surface area contributed by atoms with Gasteiger partial charge < -0.3 is 20.5 Å². The fraction of sp³-hybridized carbons (Fsp3) is 0.464. The van der Waals surface area contributed by atoms with Gasteiger partial charge in [0, 0.05) is 12.0 Å². The van der Waals surface area contributed by atoms with E-state index < -0.39 is 24.1 Å². The van der Waals surface area contributed by atoms with Crippen LogP contribution in [0.15, 0.2) is 48.5 Å². The summed E-state index contributed by atoms with van der Waals surface area (Å²) in [5.74, 6) is -1.04. The molecule has 2 aliphatic carbocycles. The van der Waals surface area contributed by atoms with Gasteiger partial charge in [-0.3, -0.25) is 9.59 Å². The third kappa shape index (κ3) is 5.84. The van der Waals surface area contributed by atoms with Crippen LogP contribution < -0.4 is 10.6 Å². The first kappa shape index (κ1) is 24.8. The zero-order chi connectivity index (χ0) is 24.9. The van der Waals surface area contributed by atoms with Crippen molar-refractivity contribution >= 4 is 18.0 Å². The van der Waals surface area contributed by atoms with Crippen LogP contribution in [0.25, 0.3) is 11.1 Å². The first-order valence-electron chi connectivity index (χ1n) is 12.5. The monoisotopic (exact) mass is 478 g/mol. The molecular weight excluding hydrogens is 444 g/mol. The van der Waals surface area contributed by atoms with Crippen LogP contribution in [0, 0.1) is 11.8 Å². The number of rotatable bonds is 10. The van der Waals surface area contributed by atoms with E-state index in [1.165, 1.54) is 0 Å². The molecule has 2 aromatic rings. The number of carbonyl (C=O) groups is 3. The minimum Gasteiger partial charge on any atom is -0.481 e. The van der Waals surface area contributed by atoms with Crippen molar-refractivity contribution in [3.05, 3.63) is 59.7 Å². The highest BCUT2D eigenvalue weighted by atomic mass is 16.5. The molecule has 4 rings (SSSR count).